The van der Waals surface area contributed by atoms with Crippen molar-refractivity contribution in [3.05, 3.63) is 24.0 Å². The number of phenolic OH excluding ortho intramolecular Hbond substituents is 1. The van der Waals surface area contributed by atoms with Crippen molar-refractivity contribution in [3.8, 4) is 5.75 Å². The standard InChI is InChI=1S/C10H13FN2O2/c1-6(12-2)10(15)13-7-3-4-9(14)8(11)5-7/h3-6,12,14H,1-2H3,(H,13,15). The number of hydrogen-bond acceptors (Lipinski definition) is 3. The fraction of sp³-hybridized carbons (Fsp3) is 0.300. The molecule has 0 aromatic heterocycles. The molecule has 4 nitrogen and oxygen atoms in total. The van der Waals surface area contributed by atoms with E-state index in [4.69, 9.17) is 5.11 Å². The number of likely N-dealkylation sites (N-methyl/N-ethyl adjacent to an activating group) is 1. The molecule has 0 heterocycles. The third-order valence-electron chi connectivity index (χ3n) is 2.04. The summed E-state index contributed by atoms with van der Waals surface area (Å²) in [5.74, 6) is -1.46. The van der Waals surface area contributed by atoms with Crippen LogP contribution in [0.5, 0.6) is 5.75 Å². The van der Waals surface area contributed by atoms with Gasteiger partial charge in [0.1, 0.15) is 0 Å². The van der Waals surface area contributed by atoms with Crippen LogP contribution in [0.25, 0.3) is 0 Å². The van der Waals surface area contributed by atoms with E-state index in [0.29, 0.717) is 5.69 Å². The predicted octanol–water partition coefficient (Wildman–Crippen LogP) is 1.08. The first-order chi connectivity index (χ1) is 7.04. The Morgan fingerprint density at radius 1 is 1.53 bits per heavy atom. The van der Waals surface area contributed by atoms with Crippen molar-refractivity contribution in [3.63, 3.8) is 0 Å². The van der Waals surface area contributed by atoms with Crippen molar-refractivity contribution in [1.29, 1.82) is 0 Å². The summed E-state index contributed by atoms with van der Waals surface area (Å²) in [7, 11) is 1.65. The zero-order valence-electron chi connectivity index (χ0n) is 8.54. The van der Waals surface area contributed by atoms with Gasteiger partial charge in [-0.05, 0) is 26.1 Å². The lowest BCUT2D eigenvalue weighted by Crippen LogP contribution is -2.35. The summed E-state index contributed by atoms with van der Waals surface area (Å²) in [4.78, 5) is 11.4. The van der Waals surface area contributed by atoms with E-state index in [9.17, 15) is 9.18 Å². The third-order valence-corrected chi connectivity index (χ3v) is 2.04. The molecule has 0 bridgehead atoms. The monoisotopic (exact) mass is 212 g/mol. The number of halogens is 1. The molecular weight excluding hydrogens is 199 g/mol. The van der Waals surface area contributed by atoms with Crippen LogP contribution >= 0.6 is 0 Å². The van der Waals surface area contributed by atoms with Crippen molar-refractivity contribution < 1.29 is 14.3 Å². The average Bonchev–Trinajstić information content (AvgIpc) is 2.22. The molecule has 0 saturated heterocycles. The highest BCUT2D eigenvalue weighted by Crippen LogP contribution is 2.19. The average molecular weight is 212 g/mol. The van der Waals surface area contributed by atoms with Crippen LogP contribution < -0.4 is 10.6 Å². The van der Waals surface area contributed by atoms with Gasteiger partial charge in [-0.2, -0.15) is 0 Å². The number of phenols is 1. The number of rotatable bonds is 3. The molecule has 0 aliphatic rings. The minimum absolute atomic E-state index is 0.261. The maximum Gasteiger partial charge on any atom is 0.241 e. The lowest BCUT2D eigenvalue weighted by atomic mass is 10.2. The van der Waals surface area contributed by atoms with E-state index in [0.717, 1.165) is 6.07 Å². The van der Waals surface area contributed by atoms with Gasteiger partial charge in [-0.25, -0.2) is 4.39 Å². The van der Waals surface area contributed by atoms with Gasteiger partial charge in [0.15, 0.2) is 11.6 Å². The molecule has 1 atom stereocenters. The van der Waals surface area contributed by atoms with Crippen LogP contribution in [0.2, 0.25) is 0 Å². The first kappa shape index (κ1) is 11.5. The molecule has 5 heteroatoms. The van der Waals surface area contributed by atoms with Crippen LogP contribution in [0, 0.1) is 5.82 Å². The molecule has 0 saturated carbocycles. The number of hydrogen-bond donors (Lipinski definition) is 3. The Morgan fingerprint density at radius 3 is 2.73 bits per heavy atom. The first-order valence-electron chi connectivity index (χ1n) is 4.51. The Morgan fingerprint density at radius 2 is 2.20 bits per heavy atom. The summed E-state index contributed by atoms with van der Waals surface area (Å²) in [6.45, 7) is 1.69. The predicted molar refractivity (Wildman–Crippen MR) is 55.2 cm³/mol. The fourth-order valence-electron chi connectivity index (χ4n) is 0.966. The SMILES string of the molecule is CNC(C)C(=O)Nc1ccc(O)c(F)c1. The van der Waals surface area contributed by atoms with Gasteiger partial charge in [0.05, 0.1) is 6.04 Å². The topological polar surface area (TPSA) is 61.4 Å². The van der Waals surface area contributed by atoms with Crippen LogP contribution in [0.1, 0.15) is 6.92 Å². The third kappa shape index (κ3) is 2.92. The highest BCUT2D eigenvalue weighted by atomic mass is 19.1. The molecule has 15 heavy (non-hydrogen) atoms. The molecule has 82 valence electrons. The summed E-state index contributed by atoms with van der Waals surface area (Å²) in [5, 5.41) is 14.2. The lowest BCUT2D eigenvalue weighted by molar-refractivity contribution is -0.117. The van der Waals surface area contributed by atoms with Crippen LogP contribution in [-0.2, 0) is 4.79 Å². The zero-order valence-corrected chi connectivity index (χ0v) is 8.54. The molecule has 1 amide bonds. The highest BCUT2D eigenvalue weighted by molar-refractivity contribution is 5.94. The van der Waals surface area contributed by atoms with E-state index >= 15 is 0 Å². The Bertz CT molecular complexity index is 368. The van der Waals surface area contributed by atoms with E-state index in [2.05, 4.69) is 10.6 Å². The van der Waals surface area contributed by atoms with E-state index in [1.807, 2.05) is 0 Å². The second-order valence-electron chi connectivity index (χ2n) is 3.17. The number of nitrogens with one attached hydrogen (secondary N) is 2. The zero-order chi connectivity index (χ0) is 11.4. The minimum atomic E-state index is -0.759. The fourth-order valence-corrected chi connectivity index (χ4v) is 0.966. The number of amides is 1. The van der Waals surface area contributed by atoms with Gasteiger partial charge in [0.2, 0.25) is 5.91 Å². The maximum atomic E-state index is 12.9. The summed E-state index contributed by atoms with van der Waals surface area (Å²) < 4.78 is 12.9. The van der Waals surface area contributed by atoms with Gasteiger partial charge in [0.25, 0.3) is 0 Å². The molecule has 1 aromatic carbocycles. The Kier molecular flexibility index (Phi) is 3.62. The molecule has 0 fully saturated rings. The second-order valence-corrected chi connectivity index (χ2v) is 3.17. The normalized spacial score (nSPS) is 12.2. The molecule has 1 aromatic rings. The quantitative estimate of drug-likeness (QED) is 0.657. The van der Waals surface area contributed by atoms with Crippen LogP contribution in [0.15, 0.2) is 18.2 Å². The van der Waals surface area contributed by atoms with Gasteiger partial charge in [-0.15, -0.1) is 0 Å². The molecule has 1 unspecified atom stereocenters. The van der Waals surface area contributed by atoms with Crippen LogP contribution in [0.3, 0.4) is 0 Å². The summed E-state index contributed by atoms with van der Waals surface area (Å²) >= 11 is 0. The Balaban J connectivity index is 2.73. The van der Waals surface area contributed by atoms with Gasteiger partial charge in [-0.1, -0.05) is 0 Å². The molecule has 0 aliphatic carbocycles. The van der Waals surface area contributed by atoms with E-state index in [1.54, 1.807) is 14.0 Å². The van der Waals surface area contributed by atoms with Crippen LogP contribution in [-0.4, -0.2) is 24.1 Å². The van der Waals surface area contributed by atoms with E-state index < -0.39 is 11.6 Å². The van der Waals surface area contributed by atoms with Crippen molar-refractivity contribution in [2.24, 2.45) is 0 Å². The molecule has 1 rings (SSSR count). The number of anilines is 1. The van der Waals surface area contributed by atoms with Crippen molar-refractivity contribution in [1.82, 2.24) is 5.32 Å². The largest absolute Gasteiger partial charge is 0.505 e. The summed E-state index contributed by atoms with van der Waals surface area (Å²) in [6.07, 6.45) is 0. The first-order valence-corrected chi connectivity index (χ1v) is 4.51. The lowest BCUT2D eigenvalue weighted by Gasteiger charge is -2.11. The van der Waals surface area contributed by atoms with Gasteiger partial charge in [-0.3, -0.25) is 4.79 Å². The molecule has 0 aliphatic heterocycles. The highest BCUT2D eigenvalue weighted by Gasteiger charge is 2.11. The van der Waals surface area contributed by atoms with Crippen molar-refractivity contribution >= 4 is 11.6 Å². The smallest absolute Gasteiger partial charge is 0.241 e. The minimum Gasteiger partial charge on any atom is -0.505 e. The van der Waals surface area contributed by atoms with Gasteiger partial charge >= 0.3 is 0 Å². The Hall–Kier alpha value is -1.62. The van der Waals surface area contributed by atoms with Crippen molar-refractivity contribution in [2.45, 2.75) is 13.0 Å². The maximum absolute atomic E-state index is 12.9. The number of benzene rings is 1. The molecular formula is C10H13FN2O2. The van der Waals surface area contributed by atoms with Gasteiger partial charge in [0, 0.05) is 11.8 Å². The summed E-state index contributed by atoms with van der Waals surface area (Å²) in [5.41, 5.74) is 0.317. The second kappa shape index (κ2) is 4.75. The van der Waals surface area contributed by atoms with Gasteiger partial charge < -0.3 is 15.7 Å². The number of carbonyl (C=O) groups is 1. The molecule has 3 N–H and O–H groups in total. The molecule has 0 spiro atoms. The van der Waals surface area contributed by atoms with Crippen LogP contribution in [0.4, 0.5) is 10.1 Å². The summed E-state index contributed by atoms with van der Waals surface area (Å²) in [6, 6.07) is 3.32. The van der Waals surface area contributed by atoms with E-state index in [-0.39, 0.29) is 11.9 Å². The Labute approximate surface area is 87.1 Å². The molecule has 0 radical (unpaired) electrons. The van der Waals surface area contributed by atoms with Crippen molar-refractivity contribution in [2.75, 3.05) is 12.4 Å². The number of carbonyl (C=O) groups excluding carboxylic acids is 1. The number of aromatic hydroxyl groups is 1. The van der Waals surface area contributed by atoms with E-state index in [1.165, 1.54) is 12.1 Å².